The quantitative estimate of drug-likeness (QED) is 0.762. The fourth-order valence-electron chi connectivity index (χ4n) is 1.66. The molecule has 1 atom stereocenters. The molecule has 21 heavy (non-hydrogen) atoms. The SMILES string of the molecule is C[C@H](Sc1nnc(NCc2ccco2)s1)C(=O)NC1CC1. The highest BCUT2D eigenvalue weighted by molar-refractivity contribution is 8.02. The minimum atomic E-state index is -0.156. The molecule has 0 radical (unpaired) electrons. The number of amides is 1. The number of carbonyl (C=O) groups excluding carboxylic acids is 1. The van der Waals surface area contributed by atoms with Crippen LogP contribution in [0, 0.1) is 0 Å². The van der Waals surface area contributed by atoms with Gasteiger partial charge in [-0.2, -0.15) is 0 Å². The van der Waals surface area contributed by atoms with Crippen LogP contribution in [0.3, 0.4) is 0 Å². The summed E-state index contributed by atoms with van der Waals surface area (Å²) in [4.78, 5) is 11.9. The molecule has 0 bridgehead atoms. The van der Waals surface area contributed by atoms with Crippen LogP contribution < -0.4 is 10.6 Å². The lowest BCUT2D eigenvalue weighted by atomic mass is 10.4. The lowest BCUT2D eigenvalue weighted by Gasteiger charge is -2.08. The van der Waals surface area contributed by atoms with Crippen molar-refractivity contribution in [1.82, 2.24) is 15.5 Å². The fourth-order valence-corrected chi connectivity index (χ4v) is 3.56. The van der Waals surface area contributed by atoms with Crippen LogP contribution in [0.25, 0.3) is 0 Å². The average molecular weight is 324 g/mol. The van der Waals surface area contributed by atoms with Crippen molar-refractivity contribution in [3.63, 3.8) is 0 Å². The molecule has 8 heteroatoms. The van der Waals surface area contributed by atoms with Crippen molar-refractivity contribution in [1.29, 1.82) is 0 Å². The smallest absolute Gasteiger partial charge is 0.233 e. The van der Waals surface area contributed by atoms with E-state index in [1.54, 1.807) is 6.26 Å². The number of nitrogens with one attached hydrogen (secondary N) is 2. The second-order valence-electron chi connectivity index (χ2n) is 4.85. The number of aromatic nitrogens is 2. The first-order chi connectivity index (χ1) is 10.2. The molecule has 0 aromatic carbocycles. The molecular formula is C13H16N4O2S2. The number of carbonyl (C=O) groups is 1. The molecule has 0 aliphatic heterocycles. The third-order valence-electron chi connectivity index (χ3n) is 2.97. The Labute approximate surface area is 130 Å². The summed E-state index contributed by atoms with van der Waals surface area (Å²) >= 11 is 2.88. The van der Waals surface area contributed by atoms with E-state index in [4.69, 9.17) is 4.42 Å². The van der Waals surface area contributed by atoms with E-state index in [0.717, 1.165) is 28.1 Å². The topological polar surface area (TPSA) is 80.1 Å². The molecule has 0 spiro atoms. The number of hydrogen-bond donors (Lipinski definition) is 2. The van der Waals surface area contributed by atoms with E-state index in [0.29, 0.717) is 12.6 Å². The number of anilines is 1. The van der Waals surface area contributed by atoms with Crippen LogP contribution >= 0.6 is 23.1 Å². The van der Waals surface area contributed by atoms with Gasteiger partial charge in [-0.15, -0.1) is 10.2 Å². The standard InChI is InChI=1S/C13H16N4O2S2/c1-8(11(18)15-9-4-5-9)20-13-17-16-12(21-13)14-7-10-3-2-6-19-10/h2-3,6,8-9H,4-5,7H2,1H3,(H,14,16)(H,15,18)/t8-/m0/s1. The summed E-state index contributed by atoms with van der Waals surface area (Å²) in [6.45, 7) is 2.46. The van der Waals surface area contributed by atoms with Crippen LogP contribution in [-0.2, 0) is 11.3 Å². The highest BCUT2D eigenvalue weighted by atomic mass is 32.2. The molecule has 1 aliphatic carbocycles. The Hall–Kier alpha value is -1.54. The molecule has 1 amide bonds. The third kappa shape index (κ3) is 4.21. The molecular weight excluding hydrogens is 308 g/mol. The highest BCUT2D eigenvalue weighted by Gasteiger charge is 2.26. The highest BCUT2D eigenvalue weighted by Crippen LogP contribution is 2.29. The van der Waals surface area contributed by atoms with Gasteiger partial charge in [0, 0.05) is 6.04 Å². The van der Waals surface area contributed by atoms with Gasteiger partial charge in [0.25, 0.3) is 0 Å². The van der Waals surface area contributed by atoms with E-state index in [9.17, 15) is 4.79 Å². The van der Waals surface area contributed by atoms with Crippen LogP contribution in [-0.4, -0.2) is 27.4 Å². The Bertz CT molecular complexity index is 595. The van der Waals surface area contributed by atoms with E-state index in [2.05, 4.69) is 20.8 Å². The van der Waals surface area contributed by atoms with E-state index in [-0.39, 0.29) is 11.2 Å². The van der Waals surface area contributed by atoms with Gasteiger partial charge < -0.3 is 15.1 Å². The minimum Gasteiger partial charge on any atom is -0.467 e. The summed E-state index contributed by atoms with van der Waals surface area (Å²) in [6.07, 6.45) is 3.84. The van der Waals surface area contributed by atoms with Crippen molar-refractivity contribution in [3.8, 4) is 0 Å². The monoisotopic (exact) mass is 324 g/mol. The molecule has 2 aromatic heterocycles. The largest absolute Gasteiger partial charge is 0.467 e. The summed E-state index contributed by atoms with van der Waals surface area (Å²) in [5.74, 6) is 0.916. The Kier molecular flexibility index (Phi) is 4.45. The predicted molar refractivity (Wildman–Crippen MR) is 82.4 cm³/mol. The molecule has 0 unspecified atom stereocenters. The Morgan fingerprint density at radius 1 is 1.57 bits per heavy atom. The molecule has 0 saturated heterocycles. The molecule has 2 N–H and O–H groups in total. The molecule has 2 aromatic rings. The van der Waals surface area contributed by atoms with Crippen LogP contribution in [0.2, 0.25) is 0 Å². The summed E-state index contributed by atoms with van der Waals surface area (Å²) in [7, 11) is 0. The van der Waals surface area contributed by atoms with Crippen molar-refractivity contribution >= 4 is 34.1 Å². The van der Waals surface area contributed by atoms with Gasteiger partial charge in [0.1, 0.15) is 5.76 Å². The molecule has 112 valence electrons. The van der Waals surface area contributed by atoms with Crippen LogP contribution in [0.1, 0.15) is 25.5 Å². The van der Waals surface area contributed by atoms with Gasteiger partial charge in [-0.3, -0.25) is 4.79 Å². The number of rotatable bonds is 7. The zero-order valence-electron chi connectivity index (χ0n) is 11.5. The lowest BCUT2D eigenvalue weighted by molar-refractivity contribution is -0.120. The Morgan fingerprint density at radius 2 is 2.43 bits per heavy atom. The second-order valence-corrected chi connectivity index (χ2v) is 7.41. The predicted octanol–water partition coefficient (Wildman–Crippen LogP) is 2.50. The normalized spacial score (nSPS) is 15.7. The average Bonchev–Trinajstić information content (AvgIpc) is 2.96. The summed E-state index contributed by atoms with van der Waals surface area (Å²) < 4.78 is 6.02. The number of thioether (sulfide) groups is 1. The van der Waals surface area contributed by atoms with Crippen LogP contribution in [0.15, 0.2) is 27.2 Å². The van der Waals surface area contributed by atoms with Gasteiger partial charge in [0.15, 0.2) is 4.34 Å². The summed E-state index contributed by atoms with van der Waals surface area (Å²) in [5, 5.41) is 14.9. The lowest BCUT2D eigenvalue weighted by Crippen LogP contribution is -2.32. The number of nitrogens with zero attached hydrogens (tertiary/aromatic N) is 2. The van der Waals surface area contributed by atoms with Crippen LogP contribution in [0.5, 0.6) is 0 Å². The maximum Gasteiger partial charge on any atom is 0.233 e. The van der Waals surface area contributed by atoms with E-state index in [1.807, 2.05) is 19.1 Å². The first-order valence-electron chi connectivity index (χ1n) is 6.77. The van der Waals surface area contributed by atoms with Crippen molar-refractivity contribution < 1.29 is 9.21 Å². The maximum absolute atomic E-state index is 11.9. The Balaban J connectivity index is 1.48. The van der Waals surface area contributed by atoms with Crippen LogP contribution in [0.4, 0.5) is 5.13 Å². The minimum absolute atomic E-state index is 0.0720. The first-order valence-corrected chi connectivity index (χ1v) is 8.47. The van der Waals surface area contributed by atoms with Gasteiger partial charge in [-0.25, -0.2) is 0 Å². The van der Waals surface area contributed by atoms with Gasteiger partial charge in [-0.1, -0.05) is 23.1 Å². The van der Waals surface area contributed by atoms with Crippen molar-refractivity contribution in [3.05, 3.63) is 24.2 Å². The fraction of sp³-hybridized carbons (Fsp3) is 0.462. The van der Waals surface area contributed by atoms with Gasteiger partial charge in [-0.05, 0) is 31.9 Å². The maximum atomic E-state index is 11.9. The van der Waals surface area contributed by atoms with E-state index < -0.39 is 0 Å². The van der Waals surface area contributed by atoms with Crippen molar-refractivity contribution in [2.24, 2.45) is 0 Å². The first kappa shape index (κ1) is 14.4. The Morgan fingerprint density at radius 3 is 3.14 bits per heavy atom. The number of furan rings is 1. The van der Waals surface area contributed by atoms with Crippen molar-refractivity contribution in [2.75, 3.05) is 5.32 Å². The molecule has 2 heterocycles. The summed E-state index contributed by atoms with van der Waals surface area (Å²) in [5.41, 5.74) is 0. The van der Waals surface area contributed by atoms with E-state index >= 15 is 0 Å². The molecule has 1 fully saturated rings. The van der Waals surface area contributed by atoms with Gasteiger partial charge in [0.05, 0.1) is 18.1 Å². The number of hydrogen-bond acceptors (Lipinski definition) is 7. The molecule has 1 saturated carbocycles. The van der Waals surface area contributed by atoms with E-state index in [1.165, 1.54) is 23.1 Å². The molecule has 3 rings (SSSR count). The molecule has 6 nitrogen and oxygen atoms in total. The van der Waals surface area contributed by atoms with Gasteiger partial charge >= 0.3 is 0 Å². The second kappa shape index (κ2) is 6.48. The van der Waals surface area contributed by atoms with Crippen molar-refractivity contribution in [2.45, 2.75) is 41.9 Å². The third-order valence-corrected chi connectivity index (χ3v) is 5.04. The van der Waals surface area contributed by atoms with Gasteiger partial charge in [0.2, 0.25) is 11.0 Å². The molecule has 1 aliphatic rings. The summed E-state index contributed by atoms with van der Waals surface area (Å²) in [6, 6.07) is 4.13. The zero-order valence-corrected chi connectivity index (χ0v) is 13.2. The zero-order chi connectivity index (χ0) is 14.7.